The van der Waals surface area contributed by atoms with E-state index < -0.39 is 6.10 Å². The van der Waals surface area contributed by atoms with Crippen LogP contribution in [0.3, 0.4) is 0 Å². The van der Waals surface area contributed by atoms with E-state index in [0.717, 1.165) is 29.5 Å². The van der Waals surface area contributed by atoms with Gasteiger partial charge >= 0.3 is 0 Å². The van der Waals surface area contributed by atoms with Crippen molar-refractivity contribution in [2.75, 3.05) is 31.1 Å². The number of benzene rings is 1. The van der Waals surface area contributed by atoms with Gasteiger partial charge in [0.15, 0.2) is 0 Å². The topological polar surface area (TPSA) is 50.6 Å². The maximum Gasteiger partial charge on any atom is 0.251 e. The van der Waals surface area contributed by atoms with Crippen molar-refractivity contribution in [3.05, 3.63) is 47.5 Å². The molecule has 2 aromatic rings. The second-order valence-electron chi connectivity index (χ2n) is 6.24. The van der Waals surface area contributed by atoms with Crippen LogP contribution in [0.2, 0.25) is 5.02 Å². The van der Waals surface area contributed by atoms with E-state index in [2.05, 4.69) is 9.88 Å². The monoisotopic (exact) mass is 362 g/mol. The quantitative estimate of drug-likeness (QED) is 0.819. The van der Waals surface area contributed by atoms with Crippen molar-refractivity contribution in [1.29, 1.82) is 0 Å². The first-order chi connectivity index (χ1) is 12.0. The summed E-state index contributed by atoms with van der Waals surface area (Å²) >= 11 is 5.94. The zero-order valence-corrected chi connectivity index (χ0v) is 15.3. The number of nitrogens with zero attached hydrogens (tertiary/aromatic N) is 4. The van der Waals surface area contributed by atoms with Gasteiger partial charge in [-0.3, -0.25) is 4.79 Å². The Morgan fingerprint density at radius 1 is 1.24 bits per heavy atom. The lowest BCUT2D eigenvalue weighted by Crippen LogP contribution is -2.51. The number of ether oxygens (including phenoxy) is 1. The molecule has 134 valence electrons. The number of anilines is 1. The maximum atomic E-state index is 12.6. The molecule has 25 heavy (non-hydrogen) atoms. The SMILES string of the molecule is CC(OCc1cncn1C)C(=O)N1CCN(c2ccc(Cl)cc2)CC1. The van der Waals surface area contributed by atoms with Gasteiger partial charge in [0.05, 0.1) is 24.8 Å². The third-order valence-electron chi connectivity index (χ3n) is 4.53. The molecule has 1 atom stereocenters. The third kappa shape index (κ3) is 4.32. The van der Waals surface area contributed by atoms with Crippen LogP contribution in [0.15, 0.2) is 36.8 Å². The van der Waals surface area contributed by atoms with E-state index in [4.69, 9.17) is 16.3 Å². The van der Waals surface area contributed by atoms with Gasteiger partial charge in [-0.15, -0.1) is 0 Å². The van der Waals surface area contributed by atoms with Gasteiger partial charge in [-0.2, -0.15) is 0 Å². The number of imidazole rings is 1. The molecule has 1 aromatic heterocycles. The number of amides is 1. The van der Waals surface area contributed by atoms with E-state index in [1.165, 1.54) is 0 Å². The Bertz CT molecular complexity index is 708. The summed E-state index contributed by atoms with van der Waals surface area (Å²) in [6.45, 7) is 5.20. The van der Waals surface area contributed by atoms with Gasteiger partial charge in [0, 0.05) is 43.9 Å². The predicted octanol–water partition coefficient (Wildman–Crippen LogP) is 2.33. The number of aryl methyl sites for hydroxylation is 1. The number of hydrogen-bond donors (Lipinski definition) is 0. The average molecular weight is 363 g/mol. The summed E-state index contributed by atoms with van der Waals surface area (Å²) in [5.74, 6) is 0.0397. The highest BCUT2D eigenvalue weighted by Gasteiger charge is 2.25. The van der Waals surface area contributed by atoms with Crippen LogP contribution in [0, 0.1) is 0 Å². The summed E-state index contributed by atoms with van der Waals surface area (Å²) in [7, 11) is 1.91. The van der Waals surface area contributed by atoms with E-state index in [9.17, 15) is 4.79 Å². The lowest BCUT2D eigenvalue weighted by molar-refractivity contribution is -0.143. The summed E-state index contributed by atoms with van der Waals surface area (Å²) < 4.78 is 7.62. The first kappa shape index (κ1) is 17.8. The standard InChI is InChI=1S/C18H23ClN4O2/c1-14(25-12-17-11-20-13-21(17)2)18(24)23-9-7-22(8-10-23)16-5-3-15(19)4-6-16/h3-6,11,13-14H,7-10,12H2,1-2H3. The Kier molecular flexibility index (Phi) is 5.60. The Morgan fingerprint density at radius 3 is 2.52 bits per heavy atom. The van der Waals surface area contributed by atoms with Gasteiger partial charge in [0.25, 0.3) is 5.91 Å². The summed E-state index contributed by atoms with van der Waals surface area (Å²) in [5, 5.41) is 0.733. The van der Waals surface area contributed by atoms with Gasteiger partial charge < -0.3 is 19.1 Å². The number of rotatable bonds is 5. The van der Waals surface area contributed by atoms with E-state index >= 15 is 0 Å². The minimum atomic E-state index is -0.461. The molecule has 6 nitrogen and oxygen atoms in total. The molecule has 7 heteroatoms. The molecule has 0 aliphatic carbocycles. The fourth-order valence-electron chi connectivity index (χ4n) is 2.90. The molecular formula is C18H23ClN4O2. The molecule has 2 heterocycles. The van der Waals surface area contributed by atoms with Crippen LogP contribution < -0.4 is 4.90 Å². The van der Waals surface area contributed by atoms with Crippen molar-refractivity contribution >= 4 is 23.2 Å². The van der Waals surface area contributed by atoms with Gasteiger partial charge in [0.2, 0.25) is 0 Å². The Balaban J connectivity index is 1.49. The molecule has 1 aliphatic rings. The lowest BCUT2D eigenvalue weighted by Gasteiger charge is -2.37. The summed E-state index contributed by atoms with van der Waals surface area (Å²) in [4.78, 5) is 20.8. The van der Waals surface area contributed by atoms with Crippen LogP contribution in [0.1, 0.15) is 12.6 Å². The normalized spacial score (nSPS) is 16.1. The minimum absolute atomic E-state index is 0.0397. The van der Waals surface area contributed by atoms with Crippen molar-refractivity contribution < 1.29 is 9.53 Å². The second-order valence-corrected chi connectivity index (χ2v) is 6.67. The van der Waals surface area contributed by atoms with E-state index in [0.29, 0.717) is 19.7 Å². The number of halogens is 1. The number of hydrogen-bond acceptors (Lipinski definition) is 4. The van der Waals surface area contributed by atoms with E-state index in [1.807, 2.05) is 47.7 Å². The van der Waals surface area contributed by atoms with Crippen molar-refractivity contribution in [1.82, 2.24) is 14.5 Å². The molecule has 0 saturated carbocycles. The minimum Gasteiger partial charge on any atom is -0.368 e. The van der Waals surface area contributed by atoms with Crippen LogP contribution in [-0.2, 0) is 23.2 Å². The summed E-state index contributed by atoms with van der Waals surface area (Å²) in [6.07, 6.45) is 3.01. The molecule has 0 bridgehead atoms. The molecule has 1 aliphatic heterocycles. The summed E-state index contributed by atoms with van der Waals surface area (Å²) in [5.41, 5.74) is 2.09. The van der Waals surface area contributed by atoms with Gasteiger partial charge in [-0.25, -0.2) is 4.98 Å². The Morgan fingerprint density at radius 2 is 1.92 bits per heavy atom. The molecule has 0 radical (unpaired) electrons. The number of aromatic nitrogens is 2. The zero-order valence-electron chi connectivity index (χ0n) is 14.6. The Hall–Kier alpha value is -2.05. The largest absolute Gasteiger partial charge is 0.368 e. The van der Waals surface area contributed by atoms with Crippen molar-refractivity contribution in [3.8, 4) is 0 Å². The molecule has 1 aromatic carbocycles. The highest BCUT2D eigenvalue weighted by atomic mass is 35.5. The molecule has 1 unspecified atom stereocenters. The lowest BCUT2D eigenvalue weighted by atomic mass is 10.2. The van der Waals surface area contributed by atoms with E-state index in [-0.39, 0.29) is 5.91 Å². The molecule has 1 amide bonds. The maximum absolute atomic E-state index is 12.6. The molecular weight excluding hydrogens is 340 g/mol. The Labute approximate surface area is 153 Å². The smallest absolute Gasteiger partial charge is 0.251 e. The van der Waals surface area contributed by atoms with Crippen molar-refractivity contribution in [2.45, 2.75) is 19.6 Å². The van der Waals surface area contributed by atoms with Crippen LogP contribution in [0.25, 0.3) is 0 Å². The van der Waals surface area contributed by atoms with E-state index in [1.54, 1.807) is 12.5 Å². The van der Waals surface area contributed by atoms with Crippen LogP contribution in [0.4, 0.5) is 5.69 Å². The van der Waals surface area contributed by atoms with Crippen LogP contribution >= 0.6 is 11.6 Å². The first-order valence-corrected chi connectivity index (χ1v) is 8.78. The second kappa shape index (κ2) is 7.89. The van der Waals surface area contributed by atoms with Crippen LogP contribution in [-0.4, -0.2) is 52.6 Å². The highest BCUT2D eigenvalue weighted by Crippen LogP contribution is 2.19. The van der Waals surface area contributed by atoms with Crippen molar-refractivity contribution in [2.24, 2.45) is 7.05 Å². The average Bonchev–Trinajstić information content (AvgIpc) is 3.05. The first-order valence-electron chi connectivity index (χ1n) is 8.40. The van der Waals surface area contributed by atoms with Crippen molar-refractivity contribution in [3.63, 3.8) is 0 Å². The number of piperazine rings is 1. The third-order valence-corrected chi connectivity index (χ3v) is 4.78. The van der Waals surface area contributed by atoms with Gasteiger partial charge in [-0.05, 0) is 31.2 Å². The molecule has 1 fully saturated rings. The van der Waals surface area contributed by atoms with Gasteiger partial charge in [-0.1, -0.05) is 11.6 Å². The van der Waals surface area contributed by atoms with Gasteiger partial charge in [0.1, 0.15) is 6.10 Å². The molecule has 0 spiro atoms. The predicted molar refractivity (Wildman–Crippen MR) is 97.7 cm³/mol. The number of carbonyl (C=O) groups is 1. The van der Waals surface area contributed by atoms with Crippen LogP contribution in [0.5, 0.6) is 0 Å². The zero-order chi connectivity index (χ0) is 17.8. The molecule has 3 rings (SSSR count). The fourth-order valence-corrected chi connectivity index (χ4v) is 3.03. The highest BCUT2D eigenvalue weighted by molar-refractivity contribution is 6.30. The summed E-state index contributed by atoms with van der Waals surface area (Å²) in [6, 6.07) is 7.81. The number of carbonyl (C=O) groups excluding carboxylic acids is 1. The fraction of sp³-hybridized carbons (Fsp3) is 0.444. The molecule has 0 N–H and O–H groups in total. The molecule has 1 saturated heterocycles.